The number of carbonyl (C=O) groups is 1. The smallest absolute Gasteiger partial charge is 0.254 e. The van der Waals surface area contributed by atoms with Gasteiger partial charge in [0.15, 0.2) is 5.82 Å². The largest absolute Gasteiger partial charge is 0.474 e. The molecule has 0 spiro atoms. The Kier molecular flexibility index (Phi) is 4.85. The monoisotopic (exact) mass is 383 g/mol. The van der Waals surface area contributed by atoms with Gasteiger partial charge < -0.3 is 20.4 Å². The third-order valence-corrected chi connectivity index (χ3v) is 5.18. The van der Waals surface area contributed by atoms with E-state index in [1.807, 2.05) is 17.7 Å². The lowest BCUT2D eigenvalue weighted by atomic mass is 9.93. The van der Waals surface area contributed by atoms with Crippen LogP contribution in [0.2, 0.25) is 0 Å². The van der Waals surface area contributed by atoms with Gasteiger partial charge in [0.25, 0.3) is 5.91 Å². The number of nitrogens with zero attached hydrogens (tertiary/aromatic N) is 3. The molecule has 28 heavy (non-hydrogen) atoms. The molecule has 146 valence electrons. The molecule has 3 aromatic rings. The Morgan fingerprint density at radius 1 is 1.25 bits per heavy atom. The number of nitrogens with one attached hydrogen (secondary N) is 1. The number of hydrogen-bond donors (Lipinski definition) is 2. The number of amides is 1. The summed E-state index contributed by atoms with van der Waals surface area (Å²) in [6.45, 7) is 0. The third-order valence-electron chi connectivity index (χ3n) is 5.18. The Balaban J connectivity index is 1.39. The molecule has 7 nitrogen and oxygen atoms in total. The van der Waals surface area contributed by atoms with Gasteiger partial charge in [-0.2, -0.15) is 0 Å². The number of aryl methyl sites for hydroxylation is 1. The number of hydrogen-bond acceptors (Lipinski definition) is 5. The first-order valence-electron chi connectivity index (χ1n) is 9.32. The van der Waals surface area contributed by atoms with Gasteiger partial charge in [0.1, 0.15) is 17.2 Å². The zero-order chi connectivity index (χ0) is 19.7. The lowest BCUT2D eigenvalue weighted by Crippen LogP contribution is -2.32. The Labute approximate surface area is 161 Å². The van der Waals surface area contributed by atoms with Crippen LogP contribution in [0, 0.1) is 5.82 Å². The first-order chi connectivity index (χ1) is 13.5. The number of imidazole rings is 1. The molecule has 1 amide bonds. The molecule has 4 rings (SSSR count). The van der Waals surface area contributed by atoms with Crippen molar-refractivity contribution in [2.75, 3.05) is 5.32 Å². The molecule has 0 unspecified atom stereocenters. The summed E-state index contributed by atoms with van der Waals surface area (Å²) in [5, 5.41) is 3.42. The number of halogens is 1. The van der Waals surface area contributed by atoms with Crippen molar-refractivity contribution in [2.24, 2.45) is 12.8 Å². The second-order valence-corrected chi connectivity index (χ2v) is 7.06. The van der Waals surface area contributed by atoms with Crippen LogP contribution < -0.4 is 15.8 Å². The van der Waals surface area contributed by atoms with Crippen LogP contribution in [0.3, 0.4) is 0 Å². The minimum absolute atomic E-state index is 0.0241. The minimum atomic E-state index is -0.549. The highest BCUT2D eigenvalue weighted by Crippen LogP contribution is 2.28. The molecule has 3 N–H and O–H groups in total. The molecule has 8 heteroatoms. The van der Waals surface area contributed by atoms with Crippen LogP contribution in [0.25, 0.3) is 11.0 Å². The number of fused-ring (bicyclic) bond motifs is 1. The molecule has 0 aliphatic heterocycles. The van der Waals surface area contributed by atoms with Gasteiger partial charge in [-0.25, -0.2) is 14.4 Å². The molecule has 1 aliphatic carbocycles. The van der Waals surface area contributed by atoms with E-state index in [2.05, 4.69) is 15.3 Å². The van der Waals surface area contributed by atoms with Gasteiger partial charge in [-0.1, -0.05) is 6.07 Å². The molecule has 0 radical (unpaired) electrons. The summed E-state index contributed by atoms with van der Waals surface area (Å²) < 4.78 is 21.7. The fourth-order valence-corrected chi connectivity index (χ4v) is 3.65. The summed E-state index contributed by atoms with van der Waals surface area (Å²) in [5.74, 6) is 0.0776. The molecule has 1 aliphatic rings. The number of anilines is 1. The van der Waals surface area contributed by atoms with Crippen LogP contribution in [-0.4, -0.2) is 32.6 Å². The van der Waals surface area contributed by atoms with Crippen LogP contribution in [0.5, 0.6) is 5.88 Å². The van der Waals surface area contributed by atoms with Crippen molar-refractivity contribution < 1.29 is 13.9 Å². The Morgan fingerprint density at radius 3 is 2.75 bits per heavy atom. The van der Waals surface area contributed by atoms with Crippen LogP contribution in [0.4, 0.5) is 10.3 Å². The molecule has 0 atom stereocenters. The summed E-state index contributed by atoms with van der Waals surface area (Å²) in [5.41, 5.74) is 6.81. The normalized spacial score (nSPS) is 19.5. The summed E-state index contributed by atoms with van der Waals surface area (Å²) in [4.78, 5) is 20.1. The number of pyridine rings is 1. The fourth-order valence-electron chi connectivity index (χ4n) is 3.65. The number of aromatic nitrogens is 3. The Morgan fingerprint density at radius 2 is 2.04 bits per heavy atom. The van der Waals surface area contributed by atoms with Crippen LogP contribution in [0.1, 0.15) is 36.0 Å². The van der Waals surface area contributed by atoms with Gasteiger partial charge in [0.05, 0.1) is 5.52 Å². The molecule has 1 fully saturated rings. The van der Waals surface area contributed by atoms with E-state index in [0.717, 1.165) is 31.2 Å². The predicted molar refractivity (Wildman–Crippen MR) is 104 cm³/mol. The maximum atomic E-state index is 13.9. The molecule has 0 bridgehead atoms. The second kappa shape index (κ2) is 7.46. The highest BCUT2D eigenvalue weighted by molar-refractivity contribution is 5.94. The van der Waals surface area contributed by atoms with Gasteiger partial charge in [-0.05, 0) is 49.9 Å². The second-order valence-electron chi connectivity index (χ2n) is 7.06. The summed E-state index contributed by atoms with van der Waals surface area (Å²) in [6.07, 6.45) is 4.92. The topological polar surface area (TPSA) is 95.1 Å². The zero-order valence-corrected chi connectivity index (χ0v) is 15.6. The average molecular weight is 383 g/mol. The maximum Gasteiger partial charge on any atom is 0.254 e. The van der Waals surface area contributed by atoms with Crippen molar-refractivity contribution in [1.29, 1.82) is 0 Å². The van der Waals surface area contributed by atoms with Crippen molar-refractivity contribution >= 4 is 22.9 Å². The summed E-state index contributed by atoms with van der Waals surface area (Å²) in [7, 11) is 1.87. The van der Waals surface area contributed by atoms with E-state index < -0.39 is 5.91 Å². The third kappa shape index (κ3) is 3.49. The fraction of sp³-hybridized carbons (Fsp3) is 0.350. The first kappa shape index (κ1) is 18.2. The highest BCUT2D eigenvalue weighted by atomic mass is 19.1. The van der Waals surface area contributed by atoms with Crippen molar-refractivity contribution in [3.63, 3.8) is 0 Å². The number of primary amides is 1. The Bertz CT molecular complexity index is 1010. The van der Waals surface area contributed by atoms with E-state index in [-0.39, 0.29) is 23.8 Å². The number of ether oxygens (including phenoxy) is 1. The van der Waals surface area contributed by atoms with Crippen molar-refractivity contribution in [1.82, 2.24) is 14.5 Å². The van der Waals surface area contributed by atoms with Gasteiger partial charge in [0.2, 0.25) is 11.8 Å². The van der Waals surface area contributed by atoms with E-state index >= 15 is 0 Å². The van der Waals surface area contributed by atoms with Crippen LogP contribution >= 0.6 is 0 Å². The summed E-state index contributed by atoms with van der Waals surface area (Å²) in [6, 6.07) is 8.45. The molecule has 0 saturated heterocycles. The van der Waals surface area contributed by atoms with Crippen molar-refractivity contribution in [3.05, 3.63) is 47.9 Å². The molecule has 2 aromatic heterocycles. The van der Waals surface area contributed by atoms with Crippen LogP contribution in [-0.2, 0) is 7.05 Å². The van der Waals surface area contributed by atoms with E-state index in [1.54, 1.807) is 24.4 Å². The lowest BCUT2D eigenvalue weighted by molar-refractivity contribution is 0.0983. The number of rotatable bonds is 5. The van der Waals surface area contributed by atoms with Gasteiger partial charge in [-0.3, -0.25) is 4.79 Å². The molecular formula is C20H22FN5O2. The zero-order valence-electron chi connectivity index (χ0n) is 15.6. The SMILES string of the molecule is Cn1c(N[C@H]2CC[C@H](Oc3ncccc3C(N)=O)CC2)nc2c(F)cccc21. The van der Waals surface area contributed by atoms with E-state index in [1.165, 1.54) is 6.07 Å². The van der Waals surface area contributed by atoms with Crippen LogP contribution in [0.15, 0.2) is 36.5 Å². The first-order valence-corrected chi connectivity index (χ1v) is 9.32. The molecule has 1 saturated carbocycles. The molecule has 1 aromatic carbocycles. The highest BCUT2D eigenvalue weighted by Gasteiger charge is 2.25. The van der Waals surface area contributed by atoms with Gasteiger partial charge >= 0.3 is 0 Å². The Hall–Kier alpha value is -3.16. The van der Waals surface area contributed by atoms with Crippen molar-refractivity contribution in [2.45, 2.75) is 37.8 Å². The average Bonchev–Trinajstić information content (AvgIpc) is 3.01. The van der Waals surface area contributed by atoms with Gasteiger partial charge in [-0.15, -0.1) is 0 Å². The van der Waals surface area contributed by atoms with Gasteiger partial charge in [0, 0.05) is 19.3 Å². The molecular weight excluding hydrogens is 361 g/mol. The predicted octanol–water partition coefficient (Wildman–Crippen LogP) is 3.01. The standard InChI is InChI=1S/C20H22FN5O2/c1-26-16-6-2-5-15(21)17(16)25-20(26)24-12-7-9-13(10-8-12)28-19-14(18(22)27)4-3-11-23-19/h2-6,11-13H,7-10H2,1H3,(H2,22,27)(H,24,25)/t12-,13-. The molecule has 2 heterocycles. The number of para-hydroxylation sites is 1. The quantitative estimate of drug-likeness (QED) is 0.706. The van der Waals surface area contributed by atoms with E-state index in [4.69, 9.17) is 10.5 Å². The van der Waals surface area contributed by atoms with E-state index in [9.17, 15) is 9.18 Å². The lowest BCUT2D eigenvalue weighted by Gasteiger charge is -2.29. The maximum absolute atomic E-state index is 13.9. The number of benzene rings is 1. The number of nitrogens with two attached hydrogens (primary N) is 1. The van der Waals surface area contributed by atoms with Crippen molar-refractivity contribution in [3.8, 4) is 5.88 Å². The minimum Gasteiger partial charge on any atom is -0.474 e. The summed E-state index contributed by atoms with van der Waals surface area (Å²) >= 11 is 0. The number of carbonyl (C=O) groups excluding carboxylic acids is 1. The van der Waals surface area contributed by atoms with E-state index in [0.29, 0.717) is 17.0 Å².